The molecule has 0 spiro atoms. The average molecular weight is 555 g/mol. The van der Waals surface area contributed by atoms with Crippen LogP contribution in [-0.2, 0) is 26.1 Å². The number of imidazole rings is 1. The van der Waals surface area contributed by atoms with Crippen molar-refractivity contribution in [3.05, 3.63) is 70.4 Å². The minimum absolute atomic E-state index is 0.381. The van der Waals surface area contributed by atoms with Gasteiger partial charge in [-0.05, 0) is 50.4 Å². The summed E-state index contributed by atoms with van der Waals surface area (Å²) in [4.78, 5) is 21.3. The molecule has 1 saturated heterocycles. The van der Waals surface area contributed by atoms with Crippen LogP contribution in [0.15, 0.2) is 42.6 Å². The van der Waals surface area contributed by atoms with Crippen molar-refractivity contribution >= 4 is 33.9 Å². The third-order valence-corrected chi connectivity index (χ3v) is 8.87. The molecule has 4 aromatic rings. The lowest BCUT2D eigenvalue weighted by Crippen LogP contribution is -2.38. The molecule has 0 N–H and O–H groups in total. The number of likely N-dealkylation sites (N-methyl/N-ethyl adjacent to an activating group) is 1. The number of likely N-dealkylation sites (tertiary alicyclic amines) is 1. The van der Waals surface area contributed by atoms with Crippen LogP contribution >= 0.6 is 11.6 Å². The van der Waals surface area contributed by atoms with Gasteiger partial charge in [0.15, 0.2) is 0 Å². The molecule has 1 fully saturated rings. The number of nitrogens with zero attached hydrogens (tertiary/aromatic N) is 8. The van der Waals surface area contributed by atoms with Crippen molar-refractivity contribution in [3.63, 3.8) is 0 Å². The van der Waals surface area contributed by atoms with Crippen molar-refractivity contribution in [3.8, 4) is 12.1 Å². The first-order chi connectivity index (χ1) is 19.6. The molecule has 3 aliphatic rings. The second kappa shape index (κ2) is 10.3. The normalized spacial score (nSPS) is 19.0. The SMILES string of the molecule is CN1CCC[C@H]1COc1nc2c(c(N3CCn4c(cnc4C#N)C3)n1)CCN(c1cccc3cccc(Cl)c13)C2. The molecule has 1 atom stereocenters. The number of fused-ring (bicyclic) bond motifs is 3. The largest absolute Gasteiger partial charge is 0.462 e. The molecule has 3 aliphatic heterocycles. The summed E-state index contributed by atoms with van der Waals surface area (Å²) in [5, 5.41) is 12.4. The van der Waals surface area contributed by atoms with E-state index in [9.17, 15) is 5.26 Å². The van der Waals surface area contributed by atoms with Gasteiger partial charge in [-0.3, -0.25) is 0 Å². The molecule has 204 valence electrons. The van der Waals surface area contributed by atoms with Crippen molar-refractivity contribution in [2.75, 3.05) is 43.1 Å². The summed E-state index contributed by atoms with van der Waals surface area (Å²) in [7, 11) is 2.15. The molecular formula is C30H31ClN8O. The highest BCUT2D eigenvalue weighted by Gasteiger charge is 2.30. The van der Waals surface area contributed by atoms with Gasteiger partial charge in [0, 0.05) is 42.3 Å². The lowest BCUT2D eigenvalue weighted by atomic mass is 10.0. The summed E-state index contributed by atoms with van der Waals surface area (Å²) in [5.41, 5.74) is 4.30. The summed E-state index contributed by atoms with van der Waals surface area (Å²) in [5.74, 6) is 1.40. The minimum Gasteiger partial charge on any atom is -0.462 e. The van der Waals surface area contributed by atoms with Crippen LogP contribution in [-0.4, -0.2) is 63.7 Å². The number of halogens is 1. The Hall–Kier alpha value is -3.87. The number of ether oxygens (including phenoxy) is 1. The maximum atomic E-state index is 9.43. The summed E-state index contributed by atoms with van der Waals surface area (Å²) in [6, 6.07) is 15.4. The van der Waals surface area contributed by atoms with Gasteiger partial charge in [0.2, 0.25) is 5.82 Å². The van der Waals surface area contributed by atoms with Crippen LogP contribution in [0.25, 0.3) is 10.8 Å². The van der Waals surface area contributed by atoms with Gasteiger partial charge < -0.3 is 24.0 Å². The maximum absolute atomic E-state index is 9.43. The Morgan fingerprint density at radius 2 is 1.93 bits per heavy atom. The Morgan fingerprint density at radius 1 is 1.05 bits per heavy atom. The lowest BCUT2D eigenvalue weighted by Gasteiger charge is -2.35. The fourth-order valence-electron chi connectivity index (χ4n) is 6.37. The summed E-state index contributed by atoms with van der Waals surface area (Å²) < 4.78 is 8.29. The number of benzene rings is 2. The molecule has 0 saturated carbocycles. The van der Waals surface area contributed by atoms with Crippen molar-refractivity contribution < 1.29 is 4.74 Å². The Kier molecular flexibility index (Phi) is 6.45. The van der Waals surface area contributed by atoms with Gasteiger partial charge in [0.1, 0.15) is 18.5 Å². The molecule has 0 radical (unpaired) electrons. The number of hydrogen-bond donors (Lipinski definition) is 0. The van der Waals surface area contributed by atoms with Gasteiger partial charge >= 0.3 is 6.01 Å². The predicted molar refractivity (Wildman–Crippen MR) is 155 cm³/mol. The van der Waals surface area contributed by atoms with Crippen LogP contribution in [0.5, 0.6) is 6.01 Å². The summed E-state index contributed by atoms with van der Waals surface area (Å²) >= 11 is 6.69. The number of nitriles is 1. The Bertz CT molecular complexity index is 1620. The van der Waals surface area contributed by atoms with Crippen LogP contribution < -0.4 is 14.5 Å². The predicted octanol–water partition coefficient (Wildman–Crippen LogP) is 4.41. The van der Waals surface area contributed by atoms with Crippen LogP contribution in [0.1, 0.15) is 35.6 Å². The third kappa shape index (κ3) is 4.41. The molecule has 9 nitrogen and oxygen atoms in total. The monoisotopic (exact) mass is 554 g/mol. The van der Waals surface area contributed by atoms with E-state index in [-0.39, 0.29) is 0 Å². The number of anilines is 2. The molecule has 7 rings (SSSR count). The smallest absolute Gasteiger partial charge is 0.318 e. The van der Waals surface area contributed by atoms with Crippen LogP contribution in [0.4, 0.5) is 11.5 Å². The number of hydrogen-bond acceptors (Lipinski definition) is 8. The highest BCUT2D eigenvalue weighted by molar-refractivity contribution is 6.36. The van der Waals surface area contributed by atoms with E-state index in [1.807, 2.05) is 16.7 Å². The number of rotatable bonds is 5. The van der Waals surface area contributed by atoms with E-state index in [1.165, 1.54) is 12.0 Å². The average Bonchev–Trinajstić information content (AvgIpc) is 3.60. The Morgan fingerprint density at radius 3 is 2.75 bits per heavy atom. The van der Waals surface area contributed by atoms with Crippen molar-refractivity contribution in [2.24, 2.45) is 0 Å². The van der Waals surface area contributed by atoms with Crippen LogP contribution in [0, 0.1) is 11.3 Å². The molecule has 0 unspecified atom stereocenters. The van der Waals surface area contributed by atoms with Gasteiger partial charge in [-0.2, -0.15) is 15.2 Å². The molecule has 2 aromatic carbocycles. The zero-order valence-electron chi connectivity index (χ0n) is 22.6. The quantitative estimate of drug-likeness (QED) is 0.359. The van der Waals surface area contributed by atoms with Crippen molar-refractivity contribution in [1.29, 1.82) is 5.26 Å². The molecule has 0 amide bonds. The van der Waals surface area contributed by atoms with E-state index in [1.54, 1.807) is 6.20 Å². The molecule has 0 bridgehead atoms. The first-order valence-electron chi connectivity index (χ1n) is 13.9. The van der Waals surface area contributed by atoms with Crippen molar-refractivity contribution in [1.82, 2.24) is 24.4 Å². The van der Waals surface area contributed by atoms with E-state index in [0.717, 1.165) is 71.2 Å². The molecule has 0 aliphatic carbocycles. The van der Waals surface area contributed by atoms with E-state index in [4.69, 9.17) is 26.3 Å². The Labute approximate surface area is 238 Å². The van der Waals surface area contributed by atoms with E-state index in [0.29, 0.717) is 44.1 Å². The van der Waals surface area contributed by atoms with Gasteiger partial charge in [-0.15, -0.1) is 0 Å². The number of aromatic nitrogens is 4. The fraction of sp³-hybridized carbons (Fsp3) is 0.400. The second-order valence-electron chi connectivity index (χ2n) is 10.9. The topological polar surface area (TPSA) is 86.3 Å². The van der Waals surface area contributed by atoms with Gasteiger partial charge in [0.25, 0.3) is 0 Å². The van der Waals surface area contributed by atoms with E-state index in [2.05, 4.69) is 57.1 Å². The van der Waals surface area contributed by atoms with Gasteiger partial charge in [-0.1, -0.05) is 35.9 Å². The molecular weight excluding hydrogens is 524 g/mol. The highest BCUT2D eigenvalue weighted by Crippen LogP contribution is 2.37. The summed E-state index contributed by atoms with van der Waals surface area (Å²) in [6.45, 7) is 5.25. The van der Waals surface area contributed by atoms with Gasteiger partial charge in [-0.25, -0.2) is 4.98 Å². The summed E-state index contributed by atoms with van der Waals surface area (Å²) in [6.07, 6.45) is 4.94. The lowest BCUT2D eigenvalue weighted by molar-refractivity contribution is 0.187. The zero-order chi connectivity index (χ0) is 27.2. The maximum Gasteiger partial charge on any atom is 0.318 e. The molecule has 2 aromatic heterocycles. The zero-order valence-corrected chi connectivity index (χ0v) is 23.3. The highest BCUT2D eigenvalue weighted by atomic mass is 35.5. The first-order valence-corrected chi connectivity index (χ1v) is 14.3. The van der Waals surface area contributed by atoms with Gasteiger partial charge in [0.05, 0.1) is 35.7 Å². The first kappa shape index (κ1) is 25.1. The molecule has 10 heteroatoms. The standard InChI is InChI=1S/C30H31ClN8O/c1-36-11-4-7-21(36)19-40-30-34-25-18-37(26-9-3-6-20-5-2-8-24(31)28(20)26)12-10-23(25)29(35-30)38-13-14-39-22(17-38)16-33-27(39)15-32/h2-3,5-6,8-9,16,21H,4,7,10-14,17-19H2,1H3/t21-/m0/s1. The van der Waals surface area contributed by atoms with Crippen LogP contribution in [0.2, 0.25) is 5.02 Å². The third-order valence-electron chi connectivity index (χ3n) is 8.56. The molecule has 5 heterocycles. The minimum atomic E-state index is 0.381. The Balaban J connectivity index is 1.24. The molecule has 40 heavy (non-hydrogen) atoms. The fourth-order valence-corrected chi connectivity index (χ4v) is 6.65. The van der Waals surface area contributed by atoms with Crippen molar-refractivity contribution in [2.45, 2.75) is 44.9 Å². The van der Waals surface area contributed by atoms with E-state index >= 15 is 0 Å². The second-order valence-corrected chi connectivity index (χ2v) is 11.3. The van der Waals surface area contributed by atoms with Crippen LogP contribution in [0.3, 0.4) is 0 Å². The van der Waals surface area contributed by atoms with E-state index < -0.39 is 0 Å².